The van der Waals surface area contributed by atoms with E-state index in [2.05, 4.69) is 26.6 Å². The van der Waals surface area contributed by atoms with Crippen LogP contribution in [-0.4, -0.2) is 15.2 Å². The third kappa shape index (κ3) is 2.89. The van der Waals surface area contributed by atoms with Crippen LogP contribution in [0.5, 0.6) is 0 Å². The number of hydrogen-bond donors (Lipinski definition) is 2. The monoisotopic (exact) mass is 202 g/mol. The third-order valence-electron chi connectivity index (χ3n) is 2.19. The minimum Gasteiger partial charge on any atom is -0.308 e. The SMILES string of the molecule is Cc1ccc(CNCc2cn[nH]c2)cn1. The number of rotatable bonds is 4. The van der Waals surface area contributed by atoms with E-state index in [9.17, 15) is 0 Å². The number of nitrogens with one attached hydrogen (secondary N) is 2. The maximum Gasteiger partial charge on any atom is 0.0532 e. The van der Waals surface area contributed by atoms with Crippen molar-refractivity contribution in [3.05, 3.63) is 47.5 Å². The molecule has 0 fully saturated rings. The van der Waals surface area contributed by atoms with Gasteiger partial charge in [0.05, 0.1) is 6.20 Å². The lowest BCUT2D eigenvalue weighted by Gasteiger charge is -2.02. The van der Waals surface area contributed by atoms with E-state index in [-0.39, 0.29) is 0 Å². The van der Waals surface area contributed by atoms with Gasteiger partial charge in [0.1, 0.15) is 0 Å². The maximum absolute atomic E-state index is 4.24. The molecule has 2 rings (SSSR count). The van der Waals surface area contributed by atoms with Gasteiger partial charge in [-0.05, 0) is 18.6 Å². The van der Waals surface area contributed by atoms with Crippen LogP contribution in [0.2, 0.25) is 0 Å². The first-order valence-corrected chi connectivity index (χ1v) is 4.94. The molecule has 0 aromatic carbocycles. The summed E-state index contributed by atoms with van der Waals surface area (Å²) in [5, 5.41) is 9.99. The predicted molar refractivity (Wildman–Crippen MR) is 58.1 cm³/mol. The van der Waals surface area contributed by atoms with Crippen molar-refractivity contribution in [2.75, 3.05) is 0 Å². The molecule has 0 unspecified atom stereocenters. The Bertz CT molecular complexity index is 391. The quantitative estimate of drug-likeness (QED) is 0.788. The zero-order valence-corrected chi connectivity index (χ0v) is 8.70. The van der Waals surface area contributed by atoms with Crippen LogP contribution in [-0.2, 0) is 13.1 Å². The van der Waals surface area contributed by atoms with Gasteiger partial charge < -0.3 is 5.32 Å². The zero-order chi connectivity index (χ0) is 10.5. The topological polar surface area (TPSA) is 53.6 Å². The van der Waals surface area contributed by atoms with Crippen LogP contribution in [0.25, 0.3) is 0 Å². The average molecular weight is 202 g/mol. The number of hydrogen-bond acceptors (Lipinski definition) is 3. The Kier molecular flexibility index (Phi) is 3.09. The highest BCUT2D eigenvalue weighted by atomic mass is 15.1. The molecule has 0 radical (unpaired) electrons. The maximum atomic E-state index is 4.24. The summed E-state index contributed by atoms with van der Waals surface area (Å²) in [6, 6.07) is 4.11. The highest BCUT2D eigenvalue weighted by molar-refractivity contribution is 5.13. The van der Waals surface area contributed by atoms with Gasteiger partial charge in [0.25, 0.3) is 0 Å². The predicted octanol–water partition coefficient (Wildman–Crippen LogP) is 1.40. The van der Waals surface area contributed by atoms with Crippen LogP contribution in [0.4, 0.5) is 0 Å². The molecule has 4 nitrogen and oxygen atoms in total. The second-order valence-corrected chi connectivity index (χ2v) is 3.52. The number of aryl methyl sites for hydroxylation is 1. The van der Waals surface area contributed by atoms with Gasteiger partial charge in [0.2, 0.25) is 0 Å². The van der Waals surface area contributed by atoms with Gasteiger partial charge in [-0.3, -0.25) is 10.1 Å². The van der Waals surface area contributed by atoms with Crippen LogP contribution >= 0.6 is 0 Å². The summed E-state index contributed by atoms with van der Waals surface area (Å²) in [4.78, 5) is 4.24. The first-order valence-electron chi connectivity index (χ1n) is 4.94. The molecule has 0 bridgehead atoms. The molecule has 0 aliphatic rings. The van der Waals surface area contributed by atoms with Gasteiger partial charge in [-0.15, -0.1) is 0 Å². The molecule has 2 aromatic heterocycles. The standard InChI is InChI=1S/C11H14N4/c1-9-2-3-10(6-13-9)4-12-5-11-7-14-15-8-11/h2-3,6-8,12H,4-5H2,1H3,(H,14,15). The van der Waals surface area contributed by atoms with E-state index in [0.717, 1.165) is 24.3 Å². The van der Waals surface area contributed by atoms with Crippen LogP contribution in [0.15, 0.2) is 30.7 Å². The number of H-pyrrole nitrogens is 1. The normalized spacial score (nSPS) is 10.5. The summed E-state index contributed by atoms with van der Waals surface area (Å²) >= 11 is 0. The Morgan fingerprint density at radius 1 is 1.20 bits per heavy atom. The largest absolute Gasteiger partial charge is 0.308 e. The first kappa shape index (κ1) is 9.86. The Hall–Kier alpha value is -1.68. The summed E-state index contributed by atoms with van der Waals surface area (Å²) in [6.07, 6.45) is 5.61. The molecule has 2 heterocycles. The summed E-state index contributed by atoms with van der Waals surface area (Å²) in [5.41, 5.74) is 3.41. The number of aromatic amines is 1. The van der Waals surface area contributed by atoms with Gasteiger partial charge in [-0.2, -0.15) is 5.10 Å². The lowest BCUT2D eigenvalue weighted by atomic mass is 10.2. The molecule has 0 aliphatic heterocycles. The third-order valence-corrected chi connectivity index (χ3v) is 2.19. The van der Waals surface area contributed by atoms with E-state index in [1.807, 2.05) is 31.6 Å². The minimum absolute atomic E-state index is 0.824. The molecule has 15 heavy (non-hydrogen) atoms. The van der Waals surface area contributed by atoms with Crippen LogP contribution in [0.1, 0.15) is 16.8 Å². The summed E-state index contributed by atoms with van der Waals surface area (Å²) in [7, 11) is 0. The van der Waals surface area contributed by atoms with Gasteiger partial charge in [0.15, 0.2) is 0 Å². The van der Waals surface area contributed by atoms with E-state index < -0.39 is 0 Å². The Labute approximate surface area is 88.8 Å². The molecule has 2 aromatic rings. The number of pyridine rings is 1. The van der Waals surface area contributed by atoms with Gasteiger partial charge >= 0.3 is 0 Å². The fourth-order valence-electron chi connectivity index (χ4n) is 1.33. The van der Waals surface area contributed by atoms with Crippen molar-refractivity contribution >= 4 is 0 Å². The lowest BCUT2D eigenvalue weighted by molar-refractivity contribution is 0.691. The van der Waals surface area contributed by atoms with E-state index >= 15 is 0 Å². The van der Waals surface area contributed by atoms with Crippen LogP contribution in [0, 0.1) is 6.92 Å². The molecule has 0 atom stereocenters. The van der Waals surface area contributed by atoms with Crippen molar-refractivity contribution in [2.45, 2.75) is 20.0 Å². The highest BCUT2D eigenvalue weighted by Crippen LogP contribution is 1.99. The molecule has 0 spiro atoms. The fourth-order valence-corrected chi connectivity index (χ4v) is 1.33. The lowest BCUT2D eigenvalue weighted by Crippen LogP contribution is -2.12. The summed E-state index contributed by atoms with van der Waals surface area (Å²) in [6.45, 7) is 3.64. The molecular formula is C11H14N4. The van der Waals surface area contributed by atoms with E-state index in [1.54, 1.807) is 0 Å². The van der Waals surface area contributed by atoms with Gasteiger partial charge in [-0.1, -0.05) is 6.07 Å². The molecular weight excluding hydrogens is 188 g/mol. The second kappa shape index (κ2) is 4.70. The van der Waals surface area contributed by atoms with Crippen molar-refractivity contribution in [1.29, 1.82) is 0 Å². The van der Waals surface area contributed by atoms with Crippen LogP contribution in [0.3, 0.4) is 0 Å². The van der Waals surface area contributed by atoms with E-state index in [0.29, 0.717) is 0 Å². The van der Waals surface area contributed by atoms with Gasteiger partial charge in [0, 0.05) is 36.7 Å². The molecule has 0 saturated carbocycles. The van der Waals surface area contributed by atoms with Crippen molar-refractivity contribution in [1.82, 2.24) is 20.5 Å². The highest BCUT2D eigenvalue weighted by Gasteiger charge is 1.95. The summed E-state index contributed by atoms with van der Waals surface area (Å²) < 4.78 is 0. The number of nitrogens with zero attached hydrogens (tertiary/aromatic N) is 2. The van der Waals surface area contributed by atoms with E-state index in [4.69, 9.17) is 0 Å². The van der Waals surface area contributed by atoms with Crippen molar-refractivity contribution in [3.8, 4) is 0 Å². The number of aromatic nitrogens is 3. The van der Waals surface area contributed by atoms with Crippen molar-refractivity contribution < 1.29 is 0 Å². The Morgan fingerprint density at radius 2 is 2.07 bits per heavy atom. The second-order valence-electron chi connectivity index (χ2n) is 3.52. The minimum atomic E-state index is 0.824. The van der Waals surface area contributed by atoms with Crippen molar-refractivity contribution in [3.63, 3.8) is 0 Å². The molecule has 78 valence electrons. The smallest absolute Gasteiger partial charge is 0.0532 e. The molecule has 2 N–H and O–H groups in total. The van der Waals surface area contributed by atoms with E-state index in [1.165, 1.54) is 5.56 Å². The summed E-state index contributed by atoms with van der Waals surface area (Å²) in [5.74, 6) is 0. The molecule has 4 heteroatoms. The zero-order valence-electron chi connectivity index (χ0n) is 8.70. The Morgan fingerprint density at radius 3 is 2.73 bits per heavy atom. The Balaban J connectivity index is 1.81. The molecule has 0 aliphatic carbocycles. The van der Waals surface area contributed by atoms with Crippen LogP contribution < -0.4 is 5.32 Å². The molecule has 0 amide bonds. The van der Waals surface area contributed by atoms with Gasteiger partial charge in [-0.25, -0.2) is 0 Å². The fraction of sp³-hybridized carbons (Fsp3) is 0.273. The average Bonchev–Trinajstić information content (AvgIpc) is 2.74. The molecule has 0 saturated heterocycles. The first-order chi connectivity index (χ1) is 7.34. The van der Waals surface area contributed by atoms with Crippen molar-refractivity contribution in [2.24, 2.45) is 0 Å².